The maximum atomic E-state index is 5.14. The van der Waals surface area contributed by atoms with E-state index in [2.05, 4.69) is 117 Å². The normalized spacial score (nSPS) is 14.0. The molecular weight excluding hydrogens is 609 g/mol. The first-order valence-corrected chi connectivity index (χ1v) is 16.9. The van der Waals surface area contributed by atoms with Gasteiger partial charge < -0.3 is 0 Å². The Balaban J connectivity index is 1.22. The topological polar surface area (TPSA) is 60.4 Å². The van der Waals surface area contributed by atoms with Crippen LogP contribution in [-0.2, 0) is 5.41 Å². The fraction of sp³-hybridized carbons (Fsp3) is 0.0244. The van der Waals surface area contributed by atoms with Crippen molar-refractivity contribution < 1.29 is 0 Å². The van der Waals surface area contributed by atoms with E-state index in [1.807, 2.05) is 18.5 Å². The molecule has 222 valence electrons. The number of benzene rings is 4. The van der Waals surface area contributed by atoms with Crippen LogP contribution in [0, 0.1) is 0 Å². The maximum absolute atomic E-state index is 5.14. The van der Waals surface area contributed by atoms with Crippen molar-refractivity contribution in [3.63, 3.8) is 0 Å². The van der Waals surface area contributed by atoms with Crippen LogP contribution in [0.4, 0.5) is 0 Å². The van der Waals surface area contributed by atoms with E-state index < -0.39 is 5.41 Å². The molecule has 48 heavy (non-hydrogen) atoms. The van der Waals surface area contributed by atoms with E-state index in [4.69, 9.17) is 15.0 Å². The van der Waals surface area contributed by atoms with E-state index in [9.17, 15) is 0 Å². The van der Waals surface area contributed by atoms with Gasteiger partial charge in [0.25, 0.3) is 0 Å². The minimum Gasteiger partial charge on any atom is -0.287 e. The van der Waals surface area contributed by atoms with E-state index in [0.717, 1.165) is 44.2 Å². The quantitative estimate of drug-likeness (QED) is 0.181. The van der Waals surface area contributed by atoms with Gasteiger partial charge in [-0.2, -0.15) is 0 Å². The number of rotatable bonds is 1. The summed E-state index contributed by atoms with van der Waals surface area (Å²) in [5.41, 5.74) is 15.2. The molecule has 2 aliphatic carbocycles. The highest BCUT2D eigenvalue weighted by Crippen LogP contribution is 2.63. The Morgan fingerprint density at radius 3 is 1.98 bits per heavy atom. The standard InChI is InChI=1S/C41H22N6S/c1-4-12-29-24(8-1)25-9-2-5-13-30(25)41(29)31-14-6-3-10-27(31)36-32(41)21-33-37-45-22-34(47(37)39-38(46(33)36)42-18-19-43-39)23-15-16-35-28(20-23)26-11-7-17-44-40(26)48-35/h1-22H. The first-order valence-electron chi connectivity index (χ1n) is 16.1. The molecule has 12 rings (SSSR count). The summed E-state index contributed by atoms with van der Waals surface area (Å²) in [6.45, 7) is 0. The number of fused-ring (bicyclic) bond motifs is 20. The molecule has 4 aromatic carbocycles. The monoisotopic (exact) mass is 630 g/mol. The van der Waals surface area contributed by atoms with E-state index >= 15 is 0 Å². The molecule has 0 saturated heterocycles. The van der Waals surface area contributed by atoms with Gasteiger partial charge in [0, 0.05) is 45.2 Å². The molecule has 0 N–H and O–H groups in total. The average Bonchev–Trinajstić information content (AvgIpc) is 3.95. The van der Waals surface area contributed by atoms with Gasteiger partial charge in [0.1, 0.15) is 4.83 Å². The molecule has 0 amide bonds. The molecule has 6 aromatic heterocycles. The van der Waals surface area contributed by atoms with E-state index in [1.54, 1.807) is 23.7 Å². The van der Waals surface area contributed by atoms with Crippen LogP contribution in [0.3, 0.4) is 0 Å². The number of aromatic nitrogens is 6. The van der Waals surface area contributed by atoms with Crippen molar-refractivity contribution in [1.82, 2.24) is 28.7 Å². The van der Waals surface area contributed by atoms with Crippen LogP contribution in [0.1, 0.15) is 22.3 Å². The summed E-state index contributed by atoms with van der Waals surface area (Å²) in [5.74, 6) is 0. The molecular formula is C41H22N6S. The molecule has 0 atom stereocenters. The summed E-state index contributed by atoms with van der Waals surface area (Å²) >= 11 is 1.72. The SMILES string of the molecule is c1ccc2c(c1)-c1ccccc1C21c2ccccc2-c2c1cc1c3ncc(-c4ccc5sc6ncccc6c5c4)n3c3nccnc3n21. The van der Waals surface area contributed by atoms with E-state index in [-0.39, 0.29) is 0 Å². The van der Waals surface area contributed by atoms with Crippen molar-refractivity contribution in [2.24, 2.45) is 0 Å². The van der Waals surface area contributed by atoms with Gasteiger partial charge >= 0.3 is 0 Å². The predicted molar refractivity (Wildman–Crippen MR) is 192 cm³/mol. The summed E-state index contributed by atoms with van der Waals surface area (Å²) in [4.78, 5) is 20.8. The zero-order valence-corrected chi connectivity index (χ0v) is 26.1. The molecule has 7 heteroatoms. The second kappa shape index (κ2) is 8.59. The number of hydrogen-bond acceptors (Lipinski definition) is 5. The third kappa shape index (κ3) is 2.78. The average molecular weight is 631 g/mol. The minimum atomic E-state index is -0.453. The molecule has 6 heterocycles. The lowest BCUT2D eigenvalue weighted by Gasteiger charge is -2.29. The largest absolute Gasteiger partial charge is 0.287 e. The molecule has 1 spiro atoms. The highest BCUT2D eigenvalue weighted by molar-refractivity contribution is 7.25. The van der Waals surface area contributed by atoms with Crippen molar-refractivity contribution in [3.8, 4) is 33.6 Å². The molecule has 0 fully saturated rings. The van der Waals surface area contributed by atoms with Gasteiger partial charge in [-0.25, -0.2) is 19.9 Å². The van der Waals surface area contributed by atoms with Crippen LogP contribution in [0.2, 0.25) is 0 Å². The summed E-state index contributed by atoms with van der Waals surface area (Å²) in [6, 6.07) is 39.9. The van der Waals surface area contributed by atoms with Gasteiger partial charge in [0.15, 0.2) is 16.9 Å². The lowest BCUT2D eigenvalue weighted by atomic mass is 9.71. The summed E-state index contributed by atoms with van der Waals surface area (Å²) in [7, 11) is 0. The summed E-state index contributed by atoms with van der Waals surface area (Å²) in [6.07, 6.45) is 7.42. The van der Waals surface area contributed by atoms with Crippen LogP contribution in [0.25, 0.3) is 76.4 Å². The van der Waals surface area contributed by atoms with Crippen LogP contribution in [-0.4, -0.2) is 28.7 Å². The van der Waals surface area contributed by atoms with Crippen molar-refractivity contribution in [2.75, 3.05) is 0 Å². The smallest absolute Gasteiger partial charge is 0.183 e. The fourth-order valence-corrected chi connectivity index (χ4v) is 9.81. The Kier molecular flexibility index (Phi) is 4.47. The first-order chi connectivity index (χ1) is 23.8. The predicted octanol–water partition coefficient (Wildman–Crippen LogP) is 9.30. The Bertz CT molecular complexity index is 2990. The van der Waals surface area contributed by atoms with E-state index in [0.29, 0.717) is 0 Å². The van der Waals surface area contributed by atoms with Gasteiger partial charge in [-0.05, 0) is 63.7 Å². The summed E-state index contributed by atoms with van der Waals surface area (Å²) in [5, 5.41) is 2.37. The van der Waals surface area contributed by atoms with Crippen LogP contribution >= 0.6 is 11.3 Å². The lowest BCUT2D eigenvalue weighted by Crippen LogP contribution is -2.25. The fourth-order valence-electron chi connectivity index (χ4n) is 8.78. The Hall–Kier alpha value is -6.18. The molecule has 10 aromatic rings. The summed E-state index contributed by atoms with van der Waals surface area (Å²) < 4.78 is 5.72. The van der Waals surface area contributed by atoms with E-state index in [1.165, 1.54) is 54.4 Å². The maximum Gasteiger partial charge on any atom is 0.183 e. The van der Waals surface area contributed by atoms with Crippen molar-refractivity contribution in [3.05, 3.63) is 156 Å². The van der Waals surface area contributed by atoms with Gasteiger partial charge in [0.2, 0.25) is 0 Å². The molecule has 0 unspecified atom stereocenters. The van der Waals surface area contributed by atoms with Crippen LogP contribution in [0.15, 0.2) is 134 Å². The second-order valence-corrected chi connectivity index (χ2v) is 13.7. The Morgan fingerprint density at radius 1 is 0.521 bits per heavy atom. The Morgan fingerprint density at radius 2 is 1.21 bits per heavy atom. The van der Waals surface area contributed by atoms with Crippen molar-refractivity contribution in [2.45, 2.75) is 5.41 Å². The molecule has 0 radical (unpaired) electrons. The van der Waals surface area contributed by atoms with Gasteiger partial charge in [-0.1, -0.05) is 78.9 Å². The molecule has 6 nitrogen and oxygen atoms in total. The third-order valence-electron chi connectivity index (χ3n) is 10.6. The number of nitrogens with zero attached hydrogens (tertiary/aromatic N) is 6. The molecule has 0 bridgehead atoms. The second-order valence-electron chi connectivity index (χ2n) is 12.7. The van der Waals surface area contributed by atoms with Crippen molar-refractivity contribution in [1.29, 1.82) is 0 Å². The lowest BCUT2D eigenvalue weighted by molar-refractivity contribution is 0.795. The number of hydrogen-bond donors (Lipinski definition) is 0. The van der Waals surface area contributed by atoms with Gasteiger partial charge in [0.05, 0.1) is 28.5 Å². The third-order valence-corrected chi connectivity index (χ3v) is 11.7. The number of pyridine rings is 1. The van der Waals surface area contributed by atoms with Gasteiger partial charge in [-0.15, -0.1) is 11.3 Å². The van der Waals surface area contributed by atoms with Crippen molar-refractivity contribution >= 4 is 54.1 Å². The zero-order valence-electron chi connectivity index (χ0n) is 25.3. The van der Waals surface area contributed by atoms with Crippen LogP contribution < -0.4 is 0 Å². The number of thiophene rings is 1. The first kappa shape index (κ1) is 25.0. The molecule has 2 aliphatic rings. The minimum absolute atomic E-state index is 0.453. The van der Waals surface area contributed by atoms with Crippen LogP contribution in [0.5, 0.6) is 0 Å². The molecule has 0 aliphatic heterocycles. The highest BCUT2D eigenvalue weighted by atomic mass is 32.1. The highest BCUT2D eigenvalue weighted by Gasteiger charge is 2.53. The molecule has 0 saturated carbocycles. The zero-order chi connectivity index (χ0) is 31.1. The Labute approximate surface area is 277 Å². The van der Waals surface area contributed by atoms with Gasteiger partial charge in [-0.3, -0.25) is 8.80 Å². The number of imidazole rings is 1.